The summed E-state index contributed by atoms with van der Waals surface area (Å²) in [4.78, 5) is 23.8. The number of benzene rings is 1. The van der Waals surface area contributed by atoms with Crippen LogP contribution in [0.25, 0.3) is 0 Å². The molecule has 1 aromatic carbocycles. The lowest BCUT2D eigenvalue weighted by molar-refractivity contribution is -0.116. The maximum Gasteiger partial charge on any atom is 0.356 e. The number of para-hydroxylation sites is 1. The van der Waals surface area contributed by atoms with E-state index >= 15 is 0 Å². The standard InChI is InChI=1S/C16H19N3O3/c1-3-22-16(21)14-11-12(2)18-19(14)10-9-15(20)17-13-7-5-4-6-8-13/h4-8,11H,3,9-10H2,1-2H3,(H,17,20). The molecule has 0 saturated carbocycles. The summed E-state index contributed by atoms with van der Waals surface area (Å²) in [6, 6.07) is 10.9. The number of anilines is 1. The zero-order valence-corrected chi connectivity index (χ0v) is 12.7. The summed E-state index contributed by atoms with van der Waals surface area (Å²) in [7, 11) is 0. The number of hydrogen-bond donors (Lipinski definition) is 1. The average Bonchev–Trinajstić information content (AvgIpc) is 2.88. The average molecular weight is 301 g/mol. The van der Waals surface area contributed by atoms with E-state index in [-0.39, 0.29) is 12.3 Å². The van der Waals surface area contributed by atoms with Crippen LogP contribution in [0.3, 0.4) is 0 Å². The summed E-state index contributed by atoms with van der Waals surface area (Å²) in [6.45, 7) is 4.17. The van der Waals surface area contributed by atoms with Gasteiger partial charge in [-0.1, -0.05) is 18.2 Å². The lowest BCUT2D eigenvalue weighted by atomic mass is 10.3. The van der Waals surface area contributed by atoms with Gasteiger partial charge in [0.25, 0.3) is 0 Å². The van der Waals surface area contributed by atoms with Crippen LogP contribution in [0.4, 0.5) is 5.69 Å². The van der Waals surface area contributed by atoms with E-state index in [1.54, 1.807) is 19.9 Å². The Hall–Kier alpha value is -2.63. The van der Waals surface area contributed by atoms with Gasteiger partial charge in [0.2, 0.25) is 5.91 Å². The highest BCUT2D eigenvalue weighted by molar-refractivity contribution is 5.91. The second kappa shape index (κ2) is 7.40. The predicted molar refractivity (Wildman–Crippen MR) is 82.6 cm³/mol. The van der Waals surface area contributed by atoms with Gasteiger partial charge in [0.15, 0.2) is 0 Å². The van der Waals surface area contributed by atoms with E-state index in [0.717, 1.165) is 5.69 Å². The topological polar surface area (TPSA) is 73.2 Å². The monoisotopic (exact) mass is 301 g/mol. The highest BCUT2D eigenvalue weighted by atomic mass is 16.5. The normalized spacial score (nSPS) is 10.3. The maximum absolute atomic E-state index is 11.9. The molecule has 0 radical (unpaired) electrons. The number of aromatic nitrogens is 2. The third kappa shape index (κ3) is 4.18. The van der Waals surface area contributed by atoms with Crippen molar-refractivity contribution in [3.63, 3.8) is 0 Å². The summed E-state index contributed by atoms with van der Waals surface area (Å²) in [5.74, 6) is -0.555. The number of amides is 1. The van der Waals surface area contributed by atoms with Crippen molar-refractivity contribution in [3.05, 3.63) is 47.8 Å². The number of nitrogens with one attached hydrogen (secondary N) is 1. The summed E-state index contributed by atoms with van der Waals surface area (Å²) in [5.41, 5.74) is 1.83. The van der Waals surface area contributed by atoms with Gasteiger partial charge in [-0.3, -0.25) is 9.48 Å². The molecular formula is C16H19N3O3. The minimum atomic E-state index is -0.424. The lowest BCUT2D eigenvalue weighted by Gasteiger charge is -2.08. The van der Waals surface area contributed by atoms with Crippen molar-refractivity contribution in [3.8, 4) is 0 Å². The fourth-order valence-electron chi connectivity index (χ4n) is 2.04. The molecule has 22 heavy (non-hydrogen) atoms. The van der Waals surface area contributed by atoms with E-state index in [1.807, 2.05) is 30.3 Å². The number of hydrogen-bond acceptors (Lipinski definition) is 4. The van der Waals surface area contributed by atoms with E-state index in [0.29, 0.717) is 24.5 Å². The molecule has 1 amide bonds. The number of rotatable bonds is 6. The van der Waals surface area contributed by atoms with Gasteiger partial charge in [-0.25, -0.2) is 4.79 Å². The van der Waals surface area contributed by atoms with Crippen LogP contribution in [-0.2, 0) is 16.1 Å². The Kier molecular flexibility index (Phi) is 5.30. The van der Waals surface area contributed by atoms with E-state index in [9.17, 15) is 9.59 Å². The fraction of sp³-hybridized carbons (Fsp3) is 0.312. The molecule has 1 aromatic heterocycles. The van der Waals surface area contributed by atoms with Crippen molar-refractivity contribution in [2.24, 2.45) is 0 Å². The molecule has 116 valence electrons. The number of ether oxygens (including phenoxy) is 1. The van der Waals surface area contributed by atoms with E-state index in [1.165, 1.54) is 4.68 Å². The molecule has 2 aromatic rings. The van der Waals surface area contributed by atoms with Crippen molar-refractivity contribution in [1.82, 2.24) is 9.78 Å². The Morgan fingerprint density at radius 2 is 2.00 bits per heavy atom. The molecule has 0 fully saturated rings. The van der Waals surface area contributed by atoms with Crippen molar-refractivity contribution in [1.29, 1.82) is 0 Å². The molecule has 1 heterocycles. The Morgan fingerprint density at radius 3 is 2.68 bits per heavy atom. The fourth-order valence-corrected chi connectivity index (χ4v) is 2.04. The SMILES string of the molecule is CCOC(=O)c1cc(C)nn1CCC(=O)Nc1ccccc1. The molecule has 0 aliphatic rings. The zero-order valence-electron chi connectivity index (χ0n) is 12.7. The summed E-state index contributed by atoms with van der Waals surface area (Å²) >= 11 is 0. The van der Waals surface area contributed by atoms with Crippen LogP contribution in [-0.4, -0.2) is 28.3 Å². The van der Waals surface area contributed by atoms with E-state index in [2.05, 4.69) is 10.4 Å². The molecule has 0 aliphatic carbocycles. The molecule has 6 heteroatoms. The van der Waals surface area contributed by atoms with Gasteiger partial charge >= 0.3 is 5.97 Å². The van der Waals surface area contributed by atoms with Crippen molar-refractivity contribution < 1.29 is 14.3 Å². The maximum atomic E-state index is 11.9. The summed E-state index contributed by atoms with van der Waals surface area (Å²) < 4.78 is 6.50. The molecule has 2 rings (SSSR count). The van der Waals surface area contributed by atoms with Crippen LogP contribution in [0.2, 0.25) is 0 Å². The lowest BCUT2D eigenvalue weighted by Crippen LogP contribution is -2.18. The van der Waals surface area contributed by atoms with Gasteiger partial charge in [-0.05, 0) is 32.0 Å². The predicted octanol–water partition coefficient (Wildman–Crippen LogP) is 2.40. The molecule has 0 bridgehead atoms. The second-order valence-electron chi connectivity index (χ2n) is 4.78. The Balaban J connectivity index is 1.96. The molecule has 0 aliphatic heterocycles. The largest absolute Gasteiger partial charge is 0.461 e. The Labute approximate surface area is 129 Å². The van der Waals surface area contributed by atoms with Crippen LogP contribution in [0.15, 0.2) is 36.4 Å². The van der Waals surface area contributed by atoms with E-state index in [4.69, 9.17) is 4.74 Å². The van der Waals surface area contributed by atoms with Crippen molar-refractivity contribution >= 4 is 17.6 Å². The number of esters is 1. The molecule has 0 saturated heterocycles. The Bertz CT molecular complexity index is 650. The molecule has 0 unspecified atom stereocenters. The number of carbonyl (C=O) groups excluding carboxylic acids is 2. The van der Waals surface area contributed by atoms with Crippen LogP contribution in [0.1, 0.15) is 29.5 Å². The third-order valence-electron chi connectivity index (χ3n) is 2.99. The second-order valence-corrected chi connectivity index (χ2v) is 4.78. The highest BCUT2D eigenvalue weighted by Gasteiger charge is 2.15. The van der Waals surface area contributed by atoms with Crippen molar-refractivity contribution in [2.75, 3.05) is 11.9 Å². The Morgan fingerprint density at radius 1 is 1.27 bits per heavy atom. The smallest absolute Gasteiger partial charge is 0.356 e. The minimum absolute atomic E-state index is 0.130. The van der Waals surface area contributed by atoms with Crippen LogP contribution in [0.5, 0.6) is 0 Å². The van der Waals surface area contributed by atoms with Crippen LogP contribution >= 0.6 is 0 Å². The van der Waals surface area contributed by atoms with Gasteiger partial charge in [-0.2, -0.15) is 5.10 Å². The first-order valence-corrected chi connectivity index (χ1v) is 7.16. The molecule has 1 N–H and O–H groups in total. The number of nitrogens with zero attached hydrogens (tertiary/aromatic N) is 2. The first kappa shape index (κ1) is 15.8. The van der Waals surface area contributed by atoms with Gasteiger partial charge in [0.05, 0.1) is 18.8 Å². The molecule has 6 nitrogen and oxygen atoms in total. The van der Waals surface area contributed by atoms with Gasteiger partial charge < -0.3 is 10.1 Å². The minimum Gasteiger partial charge on any atom is -0.461 e. The summed E-state index contributed by atoms with van der Waals surface area (Å²) in [6.07, 6.45) is 0.225. The van der Waals surface area contributed by atoms with Crippen LogP contribution < -0.4 is 5.32 Å². The van der Waals surface area contributed by atoms with Crippen LogP contribution in [0, 0.1) is 6.92 Å². The van der Waals surface area contributed by atoms with E-state index < -0.39 is 5.97 Å². The molecular weight excluding hydrogens is 282 g/mol. The third-order valence-corrected chi connectivity index (χ3v) is 2.99. The first-order chi connectivity index (χ1) is 10.6. The number of aryl methyl sites for hydroxylation is 2. The van der Waals surface area contributed by atoms with Gasteiger partial charge in [0, 0.05) is 12.1 Å². The van der Waals surface area contributed by atoms with Crippen molar-refractivity contribution in [2.45, 2.75) is 26.8 Å². The van der Waals surface area contributed by atoms with Gasteiger partial charge in [0.1, 0.15) is 5.69 Å². The van der Waals surface area contributed by atoms with Gasteiger partial charge in [-0.15, -0.1) is 0 Å². The quantitative estimate of drug-likeness (QED) is 0.831. The number of carbonyl (C=O) groups is 2. The highest BCUT2D eigenvalue weighted by Crippen LogP contribution is 2.09. The molecule has 0 spiro atoms. The first-order valence-electron chi connectivity index (χ1n) is 7.16. The summed E-state index contributed by atoms with van der Waals surface area (Å²) in [5, 5.41) is 7.03. The zero-order chi connectivity index (χ0) is 15.9. The molecule has 0 atom stereocenters.